The van der Waals surface area contributed by atoms with Crippen molar-refractivity contribution in [3.63, 3.8) is 0 Å². The Bertz CT molecular complexity index is 3780. The number of nitrogens with one attached hydrogen (secondary N) is 3. The Morgan fingerprint density at radius 1 is 0.848 bits per heavy atom. The number of nitrogens with two attached hydrogens (primary N) is 1. The highest BCUT2D eigenvalue weighted by Gasteiger charge is 2.66. The van der Waals surface area contributed by atoms with Gasteiger partial charge in [-0.25, -0.2) is 24.4 Å². The summed E-state index contributed by atoms with van der Waals surface area (Å²) in [6, 6.07) is 20.2. The molecular weight excluding hydrogens is 1200 g/mol. The highest BCUT2D eigenvalue weighted by atomic mass is 32.1. The summed E-state index contributed by atoms with van der Waals surface area (Å²) in [6.45, 7) is 13.5. The fourth-order valence-electron chi connectivity index (χ4n) is 15.9. The second-order valence-electron chi connectivity index (χ2n) is 27.3. The third kappa shape index (κ3) is 13.6. The van der Waals surface area contributed by atoms with Gasteiger partial charge in [0.15, 0.2) is 16.9 Å². The number of fused-ring (bicyclic) bond motifs is 2. The number of carboxylic acids is 2. The lowest BCUT2D eigenvalue weighted by atomic mass is 9.39. The van der Waals surface area contributed by atoms with Crippen LogP contribution in [0.25, 0.3) is 21.3 Å². The number of hydrogen-bond acceptors (Lipinski definition) is 18. The Morgan fingerprint density at radius 2 is 1.60 bits per heavy atom. The molecule has 4 unspecified atom stereocenters. The molecule has 3 aromatic carbocycles. The lowest BCUT2D eigenvalue weighted by molar-refractivity contribution is -0.248. The number of nitrogens with zero attached hydrogens (tertiary/aromatic N) is 6. The monoisotopic (exact) mass is 1280 g/mol. The minimum absolute atomic E-state index is 0.0313. The summed E-state index contributed by atoms with van der Waals surface area (Å²) >= 11 is 1.41. The van der Waals surface area contributed by atoms with Crippen molar-refractivity contribution in [2.24, 2.45) is 27.9 Å². The SMILES string of the molecule is Cc1c(-c2ccc(N3CCc4cccc(C(=O)Nc5nc6ccccc6s5)c4C3)nc2C(=O)O)cnn1CC12CC3(C)CC(C)(C1)CC(OCCN(C)C(=O)OCc1ccc(NC(=O)C(C)NC(=O)C(N)C(C)C)cc1CC[C@@H]1O[C@H](C(=O)O)[C@@H](O)[C@H](O)[C@H]1O)(C3)C2. The number of carboxylic acid groups (broad SMARTS) is 2. The standard InChI is InChI=1S/C67H82N10O14S/c1-36(2)51(68)59(83)70-37(3)57(81)71-42-17-15-41(40(25-42)16-19-48-53(78)54(79)55(80)56(91-48)61(86)87)28-89-63(88)75(7)23-24-90-67-32-64(5)29-65(6,33-67)31-66(30-64,34-67)35-77-38(4)45(26-69-77)43-18-20-50(73-52(43)60(84)85)76-22-21-39-11-10-12-44(46(39)27-76)58(82)74-62-72-47-13-8-9-14-49(47)92-62/h8-15,17-18,20,25-26,36-37,48,51,53-56,78-80H,16,19,21-24,27-35,68H2,1-7H3,(H,70,83)(H,71,81)(H,84,85)(H,86,87)(H,72,74,82)/t37?,48-,51?,53-,54+,55-,56-,64?,65?,66?,67?/m0/s1. The van der Waals surface area contributed by atoms with E-state index in [9.17, 15) is 54.3 Å². The van der Waals surface area contributed by atoms with Crippen molar-refractivity contribution in [2.75, 3.05) is 42.3 Å². The zero-order chi connectivity index (χ0) is 65.8. The van der Waals surface area contributed by atoms with Crippen LogP contribution in [0, 0.1) is 29.1 Å². The summed E-state index contributed by atoms with van der Waals surface area (Å²) in [7, 11) is 1.62. The Labute approximate surface area is 536 Å². The van der Waals surface area contributed by atoms with Crippen LogP contribution in [-0.2, 0) is 61.1 Å². The van der Waals surface area contributed by atoms with Crippen LogP contribution in [0.2, 0.25) is 0 Å². The third-order valence-corrected chi connectivity index (χ3v) is 20.3. The molecule has 5 heterocycles. The van der Waals surface area contributed by atoms with Gasteiger partial charge in [-0.15, -0.1) is 0 Å². The summed E-state index contributed by atoms with van der Waals surface area (Å²) in [4.78, 5) is 91.4. The minimum atomic E-state index is -1.87. The van der Waals surface area contributed by atoms with E-state index in [1.807, 2.05) is 65.0 Å². The highest BCUT2D eigenvalue weighted by Crippen LogP contribution is 2.72. The van der Waals surface area contributed by atoms with Crippen LogP contribution in [-0.4, -0.2) is 161 Å². The van der Waals surface area contributed by atoms with E-state index in [2.05, 4.69) is 34.8 Å². The number of rotatable bonds is 22. The van der Waals surface area contributed by atoms with Gasteiger partial charge in [0.25, 0.3) is 5.91 Å². The number of pyridine rings is 1. The van der Waals surface area contributed by atoms with E-state index in [4.69, 9.17) is 30.0 Å². The molecular formula is C67H82N10O14S. The number of carbonyl (C=O) groups is 6. The van der Waals surface area contributed by atoms with Crippen molar-refractivity contribution >= 4 is 73.9 Å². The number of carbonyl (C=O) groups excluding carboxylic acids is 4. The number of benzene rings is 3. The van der Waals surface area contributed by atoms with E-state index < -0.39 is 78.1 Å². The molecule has 5 fully saturated rings. The number of likely N-dealkylation sites (N-methyl/N-ethyl adjacent to an activating group) is 1. The summed E-state index contributed by atoms with van der Waals surface area (Å²) in [5.41, 5.74) is 11.7. The predicted octanol–water partition coefficient (Wildman–Crippen LogP) is 7.07. The fraction of sp³-hybridized carbons (Fsp3) is 0.507. The van der Waals surface area contributed by atoms with Gasteiger partial charge in [-0.3, -0.25) is 24.4 Å². The molecule has 6 aliphatic rings. The summed E-state index contributed by atoms with van der Waals surface area (Å²) in [5.74, 6) is -3.66. The van der Waals surface area contributed by atoms with E-state index in [-0.39, 0.29) is 66.4 Å². The number of aliphatic carboxylic acids is 1. The number of aromatic carboxylic acids is 1. The summed E-state index contributed by atoms with van der Waals surface area (Å²) < 4.78 is 21.4. The van der Waals surface area contributed by atoms with Crippen LogP contribution in [0.1, 0.15) is 128 Å². The molecule has 0 radical (unpaired) electrons. The Balaban J connectivity index is 0.736. The van der Waals surface area contributed by atoms with Crippen molar-refractivity contribution in [1.29, 1.82) is 0 Å². The number of aliphatic hydroxyl groups is 3. The first kappa shape index (κ1) is 65.6. The number of aliphatic hydroxyl groups excluding tert-OH is 3. The molecule has 4 aliphatic carbocycles. The zero-order valence-electron chi connectivity index (χ0n) is 52.8. The van der Waals surface area contributed by atoms with Crippen molar-refractivity contribution in [3.05, 3.63) is 118 Å². The van der Waals surface area contributed by atoms with Crippen LogP contribution in [0.5, 0.6) is 0 Å². The van der Waals surface area contributed by atoms with Crippen LogP contribution in [0.4, 0.5) is 21.4 Å². The molecule has 1 saturated heterocycles. The maximum Gasteiger partial charge on any atom is 0.409 e. The molecule has 490 valence electrons. The topological polar surface area (TPSA) is 343 Å². The molecule has 4 bridgehead atoms. The quantitative estimate of drug-likeness (QED) is 0.0328. The first-order valence-corrected chi connectivity index (χ1v) is 32.2. The van der Waals surface area contributed by atoms with Gasteiger partial charge in [0.05, 0.1) is 40.8 Å². The van der Waals surface area contributed by atoms with Gasteiger partial charge < -0.3 is 65.9 Å². The molecule has 25 heteroatoms. The average Bonchev–Trinajstić information content (AvgIpc) is 0.788. The number of ether oxygens (including phenoxy) is 3. The maximum absolute atomic E-state index is 13.8. The number of amides is 4. The lowest BCUT2D eigenvalue weighted by Gasteiger charge is -2.69. The molecule has 2 aliphatic heterocycles. The maximum atomic E-state index is 13.8. The fourth-order valence-corrected chi connectivity index (χ4v) is 16.7. The smallest absolute Gasteiger partial charge is 0.409 e. The molecule has 10 N–H and O–H groups in total. The molecule has 4 saturated carbocycles. The van der Waals surface area contributed by atoms with Crippen molar-refractivity contribution in [1.82, 2.24) is 30.0 Å². The number of anilines is 3. The molecule has 0 spiro atoms. The largest absolute Gasteiger partial charge is 0.479 e. The van der Waals surface area contributed by atoms with Crippen molar-refractivity contribution in [2.45, 2.75) is 167 Å². The van der Waals surface area contributed by atoms with Gasteiger partial charge in [0.1, 0.15) is 36.8 Å². The summed E-state index contributed by atoms with van der Waals surface area (Å²) in [6.07, 6.45) is -1.05. The van der Waals surface area contributed by atoms with Gasteiger partial charge in [-0.2, -0.15) is 5.10 Å². The van der Waals surface area contributed by atoms with Crippen molar-refractivity contribution < 1.29 is 68.5 Å². The third-order valence-electron chi connectivity index (χ3n) is 19.4. The molecule has 92 heavy (non-hydrogen) atoms. The number of para-hydroxylation sites is 1. The predicted molar refractivity (Wildman–Crippen MR) is 342 cm³/mol. The van der Waals surface area contributed by atoms with E-state index >= 15 is 0 Å². The number of thiazole rings is 1. The second-order valence-corrected chi connectivity index (χ2v) is 28.4. The van der Waals surface area contributed by atoms with E-state index in [0.717, 1.165) is 65.6 Å². The number of aryl methyl sites for hydroxylation is 1. The normalized spacial score (nSPS) is 26.3. The van der Waals surface area contributed by atoms with Gasteiger partial charge in [-0.1, -0.05) is 69.4 Å². The molecule has 4 amide bonds. The number of hydrogen-bond donors (Lipinski definition) is 9. The van der Waals surface area contributed by atoms with Crippen LogP contribution < -0.4 is 26.6 Å². The van der Waals surface area contributed by atoms with Crippen molar-refractivity contribution in [3.8, 4) is 11.1 Å². The Hall–Kier alpha value is -7.91. The average molecular weight is 1280 g/mol. The van der Waals surface area contributed by atoms with Crippen LogP contribution >= 0.6 is 11.3 Å². The number of aromatic nitrogens is 4. The molecule has 12 rings (SSSR count). The molecule has 9 atom stereocenters. The second kappa shape index (κ2) is 25.9. The Kier molecular flexibility index (Phi) is 18.4. The van der Waals surface area contributed by atoms with E-state index in [0.29, 0.717) is 70.5 Å². The first-order valence-electron chi connectivity index (χ1n) is 31.4. The Morgan fingerprint density at radius 3 is 2.32 bits per heavy atom. The van der Waals surface area contributed by atoms with Crippen LogP contribution in [0.15, 0.2) is 79.0 Å². The van der Waals surface area contributed by atoms with Gasteiger partial charge in [-0.05, 0) is 159 Å². The minimum Gasteiger partial charge on any atom is -0.479 e. The zero-order valence-corrected chi connectivity index (χ0v) is 53.6. The van der Waals surface area contributed by atoms with Gasteiger partial charge in [0.2, 0.25) is 11.8 Å². The van der Waals surface area contributed by atoms with Gasteiger partial charge in [0, 0.05) is 61.3 Å². The highest BCUT2D eigenvalue weighted by molar-refractivity contribution is 7.22. The van der Waals surface area contributed by atoms with Crippen LogP contribution in [0.3, 0.4) is 0 Å². The molecule has 6 aromatic rings. The van der Waals surface area contributed by atoms with E-state index in [1.165, 1.54) is 23.2 Å². The summed E-state index contributed by atoms with van der Waals surface area (Å²) in [5, 5.41) is 65.9. The molecule has 3 aromatic heterocycles. The lowest BCUT2D eigenvalue weighted by Crippen LogP contribution is -2.64. The molecule has 24 nitrogen and oxygen atoms in total. The first-order chi connectivity index (χ1) is 43.6. The van der Waals surface area contributed by atoms with Gasteiger partial charge >= 0.3 is 18.0 Å². The van der Waals surface area contributed by atoms with E-state index in [1.54, 1.807) is 51.4 Å².